The average Bonchev–Trinajstić information content (AvgIpc) is 3.07. The molecule has 3 rings (SSSR count). The highest BCUT2D eigenvalue weighted by Crippen LogP contribution is 2.31. The monoisotopic (exact) mass is 388 g/mol. The molecule has 2 heterocycles. The lowest BCUT2D eigenvalue weighted by Gasteiger charge is -2.34. The number of amides is 1. The molecule has 2 atom stereocenters. The number of carbonyl (C=O) groups excluding carboxylic acids is 1. The van der Waals surface area contributed by atoms with Gasteiger partial charge in [0.15, 0.2) is 11.0 Å². The molecule has 1 aliphatic rings. The van der Waals surface area contributed by atoms with Crippen LogP contribution in [0.25, 0.3) is 11.4 Å². The van der Waals surface area contributed by atoms with Gasteiger partial charge in [0.2, 0.25) is 5.91 Å². The third-order valence-corrected chi connectivity index (χ3v) is 5.88. The van der Waals surface area contributed by atoms with Crippen LogP contribution in [0.1, 0.15) is 27.2 Å². The van der Waals surface area contributed by atoms with Crippen molar-refractivity contribution in [2.24, 2.45) is 11.8 Å². The van der Waals surface area contributed by atoms with E-state index >= 15 is 0 Å². The van der Waals surface area contributed by atoms with Crippen molar-refractivity contribution < 1.29 is 9.53 Å². The lowest BCUT2D eigenvalue weighted by molar-refractivity contribution is -0.130. The summed E-state index contributed by atoms with van der Waals surface area (Å²) in [4.78, 5) is 14.7. The first kappa shape index (κ1) is 19.7. The van der Waals surface area contributed by atoms with Crippen LogP contribution in [0.3, 0.4) is 0 Å². The minimum atomic E-state index is 0.183. The molecule has 0 radical (unpaired) electrons. The van der Waals surface area contributed by atoms with E-state index in [9.17, 15) is 4.79 Å². The average molecular weight is 389 g/mol. The Morgan fingerprint density at radius 2 is 1.93 bits per heavy atom. The van der Waals surface area contributed by atoms with Gasteiger partial charge >= 0.3 is 0 Å². The summed E-state index contributed by atoms with van der Waals surface area (Å²) >= 11 is 1.46. The number of thioether (sulfide) groups is 1. The van der Waals surface area contributed by atoms with Gasteiger partial charge in [0, 0.05) is 19.6 Å². The van der Waals surface area contributed by atoms with E-state index in [-0.39, 0.29) is 5.91 Å². The first-order valence-electron chi connectivity index (χ1n) is 9.50. The fraction of sp³-hybridized carbons (Fsp3) is 0.550. The van der Waals surface area contributed by atoms with Crippen LogP contribution in [-0.2, 0) is 11.3 Å². The van der Waals surface area contributed by atoms with Gasteiger partial charge in [-0.15, -0.1) is 10.2 Å². The molecule has 1 saturated heterocycles. The number of carbonyl (C=O) groups is 1. The summed E-state index contributed by atoms with van der Waals surface area (Å²) in [5.41, 5.74) is 0.909. The number of aromatic nitrogens is 3. The van der Waals surface area contributed by atoms with Crippen LogP contribution in [0.4, 0.5) is 0 Å². The number of piperidine rings is 1. The Balaban J connectivity index is 1.73. The van der Waals surface area contributed by atoms with Gasteiger partial charge in [0.05, 0.1) is 18.4 Å². The number of hydrogen-bond donors (Lipinski definition) is 0. The van der Waals surface area contributed by atoms with E-state index in [0.717, 1.165) is 41.9 Å². The van der Waals surface area contributed by atoms with E-state index in [1.54, 1.807) is 7.11 Å². The molecule has 0 spiro atoms. The van der Waals surface area contributed by atoms with E-state index in [1.165, 1.54) is 18.2 Å². The zero-order valence-electron chi connectivity index (χ0n) is 16.5. The molecule has 146 valence electrons. The number of hydrogen-bond acceptors (Lipinski definition) is 5. The molecule has 1 aromatic heterocycles. The summed E-state index contributed by atoms with van der Waals surface area (Å²) in [5.74, 6) is 3.25. The Hall–Kier alpha value is -2.02. The molecule has 1 amide bonds. The van der Waals surface area contributed by atoms with Gasteiger partial charge in [-0.1, -0.05) is 37.7 Å². The summed E-state index contributed by atoms with van der Waals surface area (Å²) in [7, 11) is 1.65. The number of nitrogens with zero attached hydrogens (tertiary/aromatic N) is 4. The van der Waals surface area contributed by atoms with Gasteiger partial charge in [0.25, 0.3) is 0 Å². The highest BCUT2D eigenvalue weighted by molar-refractivity contribution is 7.99. The Kier molecular flexibility index (Phi) is 6.42. The maximum atomic E-state index is 12.7. The molecule has 0 bridgehead atoms. The number of likely N-dealkylation sites (tertiary alicyclic amines) is 1. The second-order valence-corrected chi connectivity index (χ2v) is 8.23. The fourth-order valence-corrected chi connectivity index (χ4v) is 4.70. The van der Waals surface area contributed by atoms with Gasteiger partial charge in [0.1, 0.15) is 5.75 Å². The molecule has 1 fully saturated rings. The Bertz CT molecular complexity index is 782. The smallest absolute Gasteiger partial charge is 0.233 e. The normalized spacial score (nSPS) is 19.9. The predicted octanol–water partition coefficient (Wildman–Crippen LogP) is 3.57. The molecule has 2 unspecified atom stereocenters. The Labute approximate surface area is 165 Å². The minimum Gasteiger partial charge on any atom is -0.496 e. The van der Waals surface area contributed by atoms with Crippen LogP contribution in [0, 0.1) is 11.8 Å². The van der Waals surface area contributed by atoms with E-state index in [0.29, 0.717) is 17.6 Å². The van der Waals surface area contributed by atoms with E-state index < -0.39 is 0 Å². The fourth-order valence-electron chi connectivity index (χ4n) is 3.79. The molecule has 0 saturated carbocycles. The molecule has 2 aromatic rings. The third-order valence-electron chi connectivity index (χ3n) is 4.93. The first-order valence-corrected chi connectivity index (χ1v) is 10.5. The molecule has 7 heteroatoms. The molecule has 1 aromatic carbocycles. The number of rotatable bonds is 6. The molecule has 0 aliphatic carbocycles. The third kappa shape index (κ3) is 4.46. The standard InChI is InChI=1S/C20H28N4O2S/c1-5-24-19(16-8-6-7-9-17(16)26-4)21-22-20(24)27-13-18(25)23-11-14(2)10-15(3)12-23/h6-9,14-15H,5,10-13H2,1-4H3. The van der Waals surface area contributed by atoms with Crippen molar-refractivity contribution in [2.75, 3.05) is 26.0 Å². The van der Waals surface area contributed by atoms with Crippen LogP contribution in [-0.4, -0.2) is 51.5 Å². The van der Waals surface area contributed by atoms with Crippen LogP contribution in [0.15, 0.2) is 29.4 Å². The van der Waals surface area contributed by atoms with Crippen LogP contribution in [0.2, 0.25) is 0 Å². The van der Waals surface area contributed by atoms with Gasteiger partial charge < -0.3 is 14.2 Å². The number of methoxy groups -OCH3 is 1. The maximum absolute atomic E-state index is 12.7. The van der Waals surface area contributed by atoms with E-state index in [4.69, 9.17) is 4.74 Å². The minimum absolute atomic E-state index is 0.183. The van der Waals surface area contributed by atoms with Crippen molar-refractivity contribution in [3.63, 3.8) is 0 Å². The number of benzene rings is 1. The van der Waals surface area contributed by atoms with Gasteiger partial charge in [-0.2, -0.15) is 0 Å². The molecular formula is C20H28N4O2S. The Morgan fingerprint density at radius 1 is 1.22 bits per heavy atom. The zero-order valence-corrected chi connectivity index (χ0v) is 17.3. The molecule has 1 aliphatic heterocycles. The topological polar surface area (TPSA) is 60.2 Å². The largest absolute Gasteiger partial charge is 0.496 e. The quantitative estimate of drug-likeness (QED) is 0.708. The molecule has 0 N–H and O–H groups in total. The summed E-state index contributed by atoms with van der Waals surface area (Å²) in [6.07, 6.45) is 1.20. The highest BCUT2D eigenvalue weighted by atomic mass is 32.2. The van der Waals surface area contributed by atoms with Gasteiger partial charge in [-0.3, -0.25) is 4.79 Å². The van der Waals surface area contributed by atoms with Crippen molar-refractivity contribution in [3.8, 4) is 17.1 Å². The van der Waals surface area contributed by atoms with E-state index in [2.05, 4.69) is 31.0 Å². The Morgan fingerprint density at radius 3 is 2.59 bits per heavy atom. The number of para-hydroxylation sites is 1. The second kappa shape index (κ2) is 8.78. The van der Waals surface area contributed by atoms with Crippen molar-refractivity contribution >= 4 is 17.7 Å². The maximum Gasteiger partial charge on any atom is 0.233 e. The van der Waals surface area contributed by atoms with Crippen LogP contribution in [0.5, 0.6) is 5.75 Å². The van der Waals surface area contributed by atoms with Crippen molar-refractivity contribution in [2.45, 2.75) is 38.9 Å². The molecule has 27 heavy (non-hydrogen) atoms. The highest BCUT2D eigenvalue weighted by Gasteiger charge is 2.26. The summed E-state index contributed by atoms with van der Waals surface area (Å²) in [5, 5.41) is 9.47. The SMILES string of the molecule is CCn1c(SCC(=O)N2CC(C)CC(C)C2)nnc1-c1ccccc1OC. The second-order valence-electron chi connectivity index (χ2n) is 7.28. The summed E-state index contributed by atoms with van der Waals surface area (Å²) in [6, 6.07) is 7.79. The van der Waals surface area contributed by atoms with Gasteiger partial charge in [-0.05, 0) is 37.3 Å². The van der Waals surface area contributed by atoms with Crippen LogP contribution >= 0.6 is 11.8 Å². The summed E-state index contributed by atoms with van der Waals surface area (Å²) < 4.78 is 7.50. The van der Waals surface area contributed by atoms with Crippen molar-refractivity contribution in [1.29, 1.82) is 0 Å². The summed E-state index contributed by atoms with van der Waals surface area (Å²) in [6.45, 7) is 8.94. The van der Waals surface area contributed by atoms with Crippen molar-refractivity contribution in [3.05, 3.63) is 24.3 Å². The number of ether oxygens (including phenoxy) is 1. The molecular weight excluding hydrogens is 360 g/mol. The zero-order chi connectivity index (χ0) is 19.4. The molecule has 6 nitrogen and oxygen atoms in total. The van der Waals surface area contributed by atoms with Gasteiger partial charge in [-0.25, -0.2) is 0 Å². The van der Waals surface area contributed by atoms with Crippen molar-refractivity contribution in [1.82, 2.24) is 19.7 Å². The first-order chi connectivity index (χ1) is 13.0. The van der Waals surface area contributed by atoms with Crippen LogP contribution < -0.4 is 4.74 Å². The lowest BCUT2D eigenvalue weighted by Crippen LogP contribution is -2.43. The van der Waals surface area contributed by atoms with E-state index in [1.807, 2.05) is 33.7 Å². The predicted molar refractivity (Wildman–Crippen MR) is 108 cm³/mol. The lowest BCUT2D eigenvalue weighted by atomic mass is 9.92.